The number of ether oxygens (including phenoxy) is 1. The summed E-state index contributed by atoms with van der Waals surface area (Å²) in [5.74, 6) is 1.66. The van der Waals surface area contributed by atoms with Crippen molar-refractivity contribution >= 4 is 5.78 Å². The van der Waals surface area contributed by atoms with Gasteiger partial charge in [0.05, 0.1) is 6.61 Å². The lowest BCUT2D eigenvalue weighted by molar-refractivity contribution is 0.0994. The molecule has 0 amide bonds. The maximum absolute atomic E-state index is 11.5. The summed E-state index contributed by atoms with van der Waals surface area (Å²) in [5.41, 5.74) is 1.96. The molecule has 0 saturated carbocycles. The van der Waals surface area contributed by atoms with Gasteiger partial charge in [-0.25, -0.2) is 0 Å². The Labute approximate surface area is 90.3 Å². The predicted octanol–water partition coefficient (Wildman–Crippen LogP) is 2.85. The normalized spacial score (nSPS) is 14.5. The van der Waals surface area contributed by atoms with E-state index in [2.05, 4.69) is 13.8 Å². The fourth-order valence-corrected chi connectivity index (χ4v) is 1.85. The van der Waals surface area contributed by atoms with Gasteiger partial charge in [0.15, 0.2) is 5.78 Å². The number of ketones is 1. The molecule has 1 aliphatic carbocycles. The molecule has 0 heterocycles. The highest BCUT2D eigenvalue weighted by Crippen LogP contribution is 2.30. The number of benzene rings is 1. The van der Waals surface area contributed by atoms with Gasteiger partial charge in [0.1, 0.15) is 5.75 Å². The van der Waals surface area contributed by atoms with Crippen LogP contribution in [-0.2, 0) is 6.42 Å². The Balaban J connectivity index is 2.22. The molecule has 0 N–H and O–H groups in total. The molecule has 15 heavy (non-hydrogen) atoms. The second-order valence-corrected chi connectivity index (χ2v) is 4.41. The fraction of sp³-hybridized carbons (Fsp3) is 0.462. The zero-order valence-electron chi connectivity index (χ0n) is 9.25. The molecule has 1 aromatic rings. The number of hydrogen-bond acceptors (Lipinski definition) is 2. The molecule has 2 heteroatoms. The van der Waals surface area contributed by atoms with Crippen molar-refractivity contribution < 1.29 is 9.53 Å². The molecule has 0 saturated heterocycles. The van der Waals surface area contributed by atoms with Crippen molar-refractivity contribution in [1.82, 2.24) is 0 Å². The number of rotatable bonds is 3. The predicted molar refractivity (Wildman–Crippen MR) is 59.4 cm³/mol. The van der Waals surface area contributed by atoms with Crippen LogP contribution in [0.15, 0.2) is 18.2 Å². The summed E-state index contributed by atoms with van der Waals surface area (Å²) < 4.78 is 5.71. The Morgan fingerprint density at radius 3 is 2.87 bits per heavy atom. The first-order valence-corrected chi connectivity index (χ1v) is 5.46. The first-order chi connectivity index (χ1) is 7.18. The third-order valence-corrected chi connectivity index (χ3v) is 2.61. The van der Waals surface area contributed by atoms with Crippen LogP contribution in [-0.4, -0.2) is 12.4 Å². The monoisotopic (exact) mass is 204 g/mol. The van der Waals surface area contributed by atoms with Gasteiger partial charge in [0.25, 0.3) is 0 Å². The van der Waals surface area contributed by atoms with Crippen LogP contribution in [0.3, 0.4) is 0 Å². The molecule has 0 fully saturated rings. The van der Waals surface area contributed by atoms with Crippen LogP contribution in [0.2, 0.25) is 0 Å². The summed E-state index contributed by atoms with van der Waals surface area (Å²) in [4.78, 5) is 11.5. The van der Waals surface area contributed by atoms with Crippen LogP contribution in [0.25, 0.3) is 0 Å². The van der Waals surface area contributed by atoms with Gasteiger partial charge in [0, 0.05) is 17.5 Å². The molecule has 80 valence electrons. The van der Waals surface area contributed by atoms with E-state index in [9.17, 15) is 4.79 Å². The van der Waals surface area contributed by atoms with E-state index in [0.717, 1.165) is 23.3 Å². The molecule has 0 unspecified atom stereocenters. The molecule has 1 aromatic carbocycles. The second-order valence-electron chi connectivity index (χ2n) is 4.41. The summed E-state index contributed by atoms with van der Waals surface area (Å²) >= 11 is 0. The Kier molecular flexibility index (Phi) is 2.76. The Hall–Kier alpha value is -1.31. The zero-order valence-corrected chi connectivity index (χ0v) is 9.25. The highest BCUT2D eigenvalue weighted by molar-refractivity contribution is 6.01. The van der Waals surface area contributed by atoms with Gasteiger partial charge in [-0.15, -0.1) is 0 Å². The van der Waals surface area contributed by atoms with Crippen LogP contribution in [0.4, 0.5) is 0 Å². The standard InChI is InChI=1S/C13H16O2/c1-9(2)8-15-13-5-3-4-10-11(13)6-7-12(10)14/h3-5,9H,6-8H2,1-2H3. The van der Waals surface area contributed by atoms with Gasteiger partial charge in [-0.3, -0.25) is 4.79 Å². The first-order valence-electron chi connectivity index (χ1n) is 5.46. The number of hydrogen-bond donors (Lipinski definition) is 0. The van der Waals surface area contributed by atoms with Crippen molar-refractivity contribution in [2.24, 2.45) is 5.92 Å². The molecule has 2 rings (SSSR count). The quantitative estimate of drug-likeness (QED) is 0.756. The summed E-state index contributed by atoms with van der Waals surface area (Å²) in [5, 5.41) is 0. The lowest BCUT2D eigenvalue weighted by Gasteiger charge is -2.11. The number of Topliss-reactive ketones (excluding diaryl/α,β-unsaturated/α-hetero) is 1. The number of carbonyl (C=O) groups is 1. The summed E-state index contributed by atoms with van der Waals surface area (Å²) in [7, 11) is 0. The van der Waals surface area contributed by atoms with Crippen molar-refractivity contribution in [3.63, 3.8) is 0 Å². The zero-order chi connectivity index (χ0) is 10.8. The molecule has 0 radical (unpaired) electrons. The SMILES string of the molecule is CC(C)COc1cccc2c1CCC2=O. The van der Waals surface area contributed by atoms with Gasteiger partial charge in [-0.05, 0) is 18.4 Å². The highest BCUT2D eigenvalue weighted by Gasteiger charge is 2.22. The molecule has 1 aliphatic rings. The first kappa shape index (κ1) is 10.2. The fourth-order valence-electron chi connectivity index (χ4n) is 1.85. The van der Waals surface area contributed by atoms with E-state index in [-0.39, 0.29) is 5.78 Å². The van der Waals surface area contributed by atoms with E-state index in [1.807, 2.05) is 18.2 Å². The smallest absolute Gasteiger partial charge is 0.163 e. The number of carbonyl (C=O) groups excluding carboxylic acids is 1. The van der Waals surface area contributed by atoms with E-state index in [0.29, 0.717) is 18.9 Å². The molecule has 2 nitrogen and oxygen atoms in total. The molecular formula is C13H16O2. The Morgan fingerprint density at radius 2 is 2.13 bits per heavy atom. The summed E-state index contributed by atoms with van der Waals surface area (Å²) in [6.07, 6.45) is 1.47. The molecule has 0 aliphatic heterocycles. The van der Waals surface area contributed by atoms with Gasteiger partial charge >= 0.3 is 0 Å². The minimum atomic E-state index is 0.250. The Morgan fingerprint density at radius 1 is 1.33 bits per heavy atom. The molecule has 0 spiro atoms. The molecule has 0 atom stereocenters. The van der Waals surface area contributed by atoms with Crippen molar-refractivity contribution in [1.29, 1.82) is 0 Å². The third kappa shape index (κ3) is 2.04. The van der Waals surface area contributed by atoms with Crippen molar-refractivity contribution in [2.45, 2.75) is 26.7 Å². The third-order valence-electron chi connectivity index (χ3n) is 2.61. The topological polar surface area (TPSA) is 26.3 Å². The van der Waals surface area contributed by atoms with Gasteiger partial charge < -0.3 is 4.74 Å². The van der Waals surface area contributed by atoms with Crippen LogP contribution in [0, 0.1) is 5.92 Å². The van der Waals surface area contributed by atoms with Crippen molar-refractivity contribution in [3.05, 3.63) is 29.3 Å². The minimum absolute atomic E-state index is 0.250. The van der Waals surface area contributed by atoms with Crippen LogP contribution >= 0.6 is 0 Å². The van der Waals surface area contributed by atoms with Gasteiger partial charge in [-0.1, -0.05) is 26.0 Å². The van der Waals surface area contributed by atoms with E-state index >= 15 is 0 Å². The van der Waals surface area contributed by atoms with E-state index in [4.69, 9.17) is 4.74 Å². The lowest BCUT2D eigenvalue weighted by Crippen LogP contribution is -2.06. The van der Waals surface area contributed by atoms with Crippen molar-refractivity contribution in [2.75, 3.05) is 6.61 Å². The Bertz CT molecular complexity index is 380. The average Bonchev–Trinajstić information content (AvgIpc) is 2.58. The van der Waals surface area contributed by atoms with E-state index in [1.165, 1.54) is 0 Å². The largest absolute Gasteiger partial charge is 0.493 e. The summed E-state index contributed by atoms with van der Waals surface area (Å²) in [6.45, 7) is 4.95. The van der Waals surface area contributed by atoms with E-state index < -0.39 is 0 Å². The van der Waals surface area contributed by atoms with E-state index in [1.54, 1.807) is 0 Å². The second kappa shape index (κ2) is 4.05. The van der Waals surface area contributed by atoms with Gasteiger partial charge in [-0.2, -0.15) is 0 Å². The highest BCUT2D eigenvalue weighted by atomic mass is 16.5. The maximum atomic E-state index is 11.5. The molecule has 0 aromatic heterocycles. The average molecular weight is 204 g/mol. The van der Waals surface area contributed by atoms with Crippen molar-refractivity contribution in [3.8, 4) is 5.75 Å². The van der Waals surface area contributed by atoms with Crippen LogP contribution in [0.1, 0.15) is 36.2 Å². The van der Waals surface area contributed by atoms with Crippen LogP contribution in [0.5, 0.6) is 5.75 Å². The molecule has 0 bridgehead atoms. The molecular weight excluding hydrogens is 188 g/mol. The minimum Gasteiger partial charge on any atom is -0.493 e. The lowest BCUT2D eigenvalue weighted by atomic mass is 10.1. The van der Waals surface area contributed by atoms with Crippen LogP contribution < -0.4 is 4.74 Å². The number of fused-ring (bicyclic) bond motifs is 1. The maximum Gasteiger partial charge on any atom is 0.163 e. The summed E-state index contributed by atoms with van der Waals surface area (Å²) in [6, 6.07) is 5.75. The van der Waals surface area contributed by atoms with Gasteiger partial charge in [0.2, 0.25) is 0 Å².